The SMILES string of the molecule is COc1ccc(CN(C)Cc2ccncc2)c(N)c1. The number of aromatic nitrogens is 1. The van der Waals surface area contributed by atoms with E-state index in [0.717, 1.165) is 30.1 Å². The van der Waals surface area contributed by atoms with Crippen LogP contribution in [0.15, 0.2) is 42.7 Å². The number of nitrogens with zero attached hydrogens (tertiary/aromatic N) is 2. The van der Waals surface area contributed by atoms with Gasteiger partial charge in [0.2, 0.25) is 0 Å². The van der Waals surface area contributed by atoms with Gasteiger partial charge in [-0.2, -0.15) is 0 Å². The first-order chi connectivity index (χ1) is 9.19. The molecule has 0 unspecified atom stereocenters. The zero-order valence-corrected chi connectivity index (χ0v) is 11.3. The van der Waals surface area contributed by atoms with E-state index in [4.69, 9.17) is 10.5 Å². The highest BCUT2D eigenvalue weighted by atomic mass is 16.5. The molecule has 0 fully saturated rings. The first kappa shape index (κ1) is 13.4. The topological polar surface area (TPSA) is 51.4 Å². The number of nitrogen functional groups attached to an aromatic ring is 1. The summed E-state index contributed by atoms with van der Waals surface area (Å²) < 4.78 is 5.15. The molecule has 1 aromatic heterocycles. The number of hydrogen-bond acceptors (Lipinski definition) is 4. The molecule has 100 valence electrons. The molecule has 0 aliphatic heterocycles. The van der Waals surface area contributed by atoms with Gasteiger partial charge >= 0.3 is 0 Å². The number of rotatable bonds is 5. The number of methoxy groups -OCH3 is 1. The van der Waals surface area contributed by atoms with E-state index in [2.05, 4.69) is 16.9 Å². The molecule has 0 amide bonds. The fourth-order valence-electron chi connectivity index (χ4n) is 1.99. The molecule has 0 radical (unpaired) electrons. The molecular weight excluding hydrogens is 238 g/mol. The van der Waals surface area contributed by atoms with E-state index in [9.17, 15) is 0 Å². The predicted octanol–water partition coefficient (Wildman–Crippen LogP) is 2.30. The van der Waals surface area contributed by atoms with Crippen molar-refractivity contribution in [2.24, 2.45) is 0 Å². The smallest absolute Gasteiger partial charge is 0.120 e. The Labute approximate surface area is 113 Å². The summed E-state index contributed by atoms with van der Waals surface area (Å²) in [5.74, 6) is 0.790. The third-order valence-electron chi connectivity index (χ3n) is 3.00. The van der Waals surface area contributed by atoms with E-state index in [0.29, 0.717) is 0 Å². The van der Waals surface area contributed by atoms with Crippen LogP contribution in [0.2, 0.25) is 0 Å². The highest BCUT2D eigenvalue weighted by molar-refractivity contribution is 5.51. The minimum absolute atomic E-state index is 0.765. The van der Waals surface area contributed by atoms with Crippen LogP contribution in [0.5, 0.6) is 5.75 Å². The van der Waals surface area contributed by atoms with E-state index in [-0.39, 0.29) is 0 Å². The standard InChI is InChI=1S/C15H19N3O/c1-18(10-12-5-7-17-8-6-12)11-13-3-4-14(19-2)9-15(13)16/h3-9H,10-11,16H2,1-2H3. The number of benzene rings is 1. The lowest BCUT2D eigenvalue weighted by Gasteiger charge is -2.18. The Bertz CT molecular complexity index is 528. The zero-order valence-electron chi connectivity index (χ0n) is 11.3. The molecule has 0 aliphatic rings. The van der Waals surface area contributed by atoms with Crippen molar-refractivity contribution in [1.82, 2.24) is 9.88 Å². The molecule has 0 aliphatic carbocycles. The van der Waals surface area contributed by atoms with Gasteiger partial charge in [-0.1, -0.05) is 6.07 Å². The summed E-state index contributed by atoms with van der Waals surface area (Å²) in [6.45, 7) is 1.67. The number of hydrogen-bond donors (Lipinski definition) is 1. The second-order valence-electron chi connectivity index (χ2n) is 4.59. The van der Waals surface area contributed by atoms with Gasteiger partial charge in [-0.25, -0.2) is 0 Å². The maximum Gasteiger partial charge on any atom is 0.120 e. The van der Waals surface area contributed by atoms with Crippen molar-refractivity contribution in [3.05, 3.63) is 53.9 Å². The summed E-state index contributed by atoms with van der Waals surface area (Å²) >= 11 is 0. The van der Waals surface area contributed by atoms with Crippen LogP contribution in [0.4, 0.5) is 5.69 Å². The normalized spacial score (nSPS) is 10.7. The highest BCUT2D eigenvalue weighted by Gasteiger charge is 2.05. The molecule has 1 aromatic carbocycles. The summed E-state index contributed by atoms with van der Waals surface area (Å²) in [5.41, 5.74) is 9.14. The molecule has 0 saturated heterocycles. The molecule has 4 nitrogen and oxygen atoms in total. The van der Waals surface area contributed by atoms with Crippen LogP contribution in [0, 0.1) is 0 Å². The van der Waals surface area contributed by atoms with Crippen LogP contribution in [0.3, 0.4) is 0 Å². The van der Waals surface area contributed by atoms with Crippen LogP contribution in [-0.4, -0.2) is 24.0 Å². The maximum absolute atomic E-state index is 6.02. The van der Waals surface area contributed by atoms with Gasteiger partial charge in [0.15, 0.2) is 0 Å². The molecule has 2 rings (SSSR count). The van der Waals surface area contributed by atoms with E-state index in [1.807, 2.05) is 42.7 Å². The van der Waals surface area contributed by atoms with Gasteiger partial charge in [0.05, 0.1) is 7.11 Å². The molecule has 2 aromatic rings. The summed E-state index contributed by atoms with van der Waals surface area (Å²) in [7, 11) is 3.72. The van der Waals surface area contributed by atoms with Crippen molar-refractivity contribution in [2.45, 2.75) is 13.1 Å². The summed E-state index contributed by atoms with van der Waals surface area (Å²) in [4.78, 5) is 6.23. The lowest BCUT2D eigenvalue weighted by atomic mass is 10.1. The van der Waals surface area contributed by atoms with Crippen molar-refractivity contribution < 1.29 is 4.74 Å². The third-order valence-corrected chi connectivity index (χ3v) is 3.00. The first-order valence-corrected chi connectivity index (χ1v) is 6.19. The van der Waals surface area contributed by atoms with Crippen LogP contribution in [0.1, 0.15) is 11.1 Å². The quantitative estimate of drug-likeness (QED) is 0.835. The number of pyridine rings is 1. The van der Waals surface area contributed by atoms with E-state index >= 15 is 0 Å². The van der Waals surface area contributed by atoms with E-state index < -0.39 is 0 Å². The second kappa shape index (κ2) is 6.20. The van der Waals surface area contributed by atoms with E-state index in [1.54, 1.807) is 7.11 Å². The fourth-order valence-corrected chi connectivity index (χ4v) is 1.99. The van der Waals surface area contributed by atoms with Crippen molar-refractivity contribution in [3.63, 3.8) is 0 Å². The predicted molar refractivity (Wildman–Crippen MR) is 76.8 cm³/mol. The number of nitrogens with two attached hydrogens (primary N) is 1. The first-order valence-electron chi connectivity index (χ1n) is 6.19. The van der Waals surface area contributed by atoms with Crippen LogP contribution in [0.25, 0.3) is 0 Å². The minimum atomic E-state index is 0.765. The molecular formula is C15H19N3O. The molecule has 4 heteroatoms. The van der Waals surface area contributed by atoms with Gasteiger partial charge in [0.25, 0.3) is 0 Å². The Morgan fingerprint density at radius 2 is 1.89 bits per heavy atom. The third kappa shape index (κ3) is 3.69. The Kier molecular flexibility index (Phi) is 4.36. The largest absolute Gasteiger partial charge is 0.497 e. The molecule has 19 heavy (non-hydrogen) atoms. The molecule has 1 heterocycles. The molecule has 0 bridgehead atoms. The van der Waals surface area contributed by atoms with Crippen molar-refractivity contribution in [2.75, 3.05) is 19.9 Å². The van der Waals surface area contributed by atoms with Crippen molar-refractivity contribution in [3.8, 4) is 5.75 Å². The van der Waals surface area contributed by atoms with Gasteiger partial charge in [0, 0.05) is 37.2 Å². The van der Waals surface area contributed by atoms with Gasteiger partial charge < -0.3 is 10.5 Å². The van der Waals surface area contributed by atoms with Crippen LogP contribution in [-0.2, 0) is 13.1 Å². The maximum atomic E-state index is 6.02. The van der Waals surface area contributed by atoms with Gasteiger partial charge in [-0.05, 0) is 36.4 Å². The average molecular weight is 257 g/mol. The Hall–Kier alpha value is -2.07. The summed E-state index contributed by atoms with van der Waals surface area (Å²) in [6, 6.07) is 9.85. The Balaban J connectivity index is 2.01. The fraction of sp³-hybridized carbons (Fsp3) is 0.267. The average Bonchev–Trinajstić information content (AvgIpc) is 2.42. The van der Waals surface area contributed by atoms with Crippen LogP contribution < -0.4 is 10.5 Å². The minimum Gasteiger partial charge on any atom is -0.497 e. The zero-order chi connectivity index (χ0) is 13.7. The van der Waals surface area contributed by atoms with Crippen LogP contribution >= 0.6 is 0 Å². The molecule has 2 N–H and O–H groups in total. The monoisotopic (exact) mass is 257 g/mol. The summed E-state index contributed by atoms with van der Waals surface area (Å²) in [5, 5.41) is 0. The second-order valence-corrected chi connectivity index (χ2v) is 4.59. The molecule has 0 saturated carbocycles. The lowest BCUT2D eigenvalue weighted by Crippen LogP contribution is -2.18. The van der Waals surface area contributed by atoms with Crippen molar-refractivity contribution >= 4 is 5.69 Å². The highest BCUT2D eigenvalue weighted by Crippen LogP contribution is 2.21. The summed E-state index contributed by atoms with van der Waals surface area (Å²) in [6.07, 6.45) is 3.62. The molecule has 0 spiro atoms. The van der Waals surface area contributed by atoms with Crippen molar-refractivity contribution in [1.29, 1.82) is 0 Å². The number of ether oxygens (including phenoxy) is 1. The molecule has 0 atom stereocenters. The van der Waals surface area contributed by atoms with Gasteiger partial charge in [-0.3, -0.25) is 9.88 Å². The Morgan fingerprint density at radius 3 is 2.53 bits per heavy atom. The Morgan fingerprint density at radius 1 is 1.16 bits per heavy atom. The lowest BCUT2D eigenvalue weighted by molar-refractivity contribution is 0.319. The van der Waals surface area contributed by atoms with Gasteiger partial charge in [0.1, 0.15) is 5.75 Å². The van der Waals surface area contributed by atoms with Gasteiger partial charge in [-0.15, -0.1) is 0 Å². The van der Waals surface area contributed by atoms with E-state index in [1.165, 1.54) is 5.56 Å². The number of anilines is 1.